The van der Waals surface area contributed by atoms with Crippen LogP contribution in [0.3, 0.4) is 0 Å². The molecule has 2 rings (SSSR count). The molecule has 1 atom stereocenters. The molecule has 1 aromatic carbocycles. The zero-order valence-electron chi connectivity index (χ0n) is 12.5. The molecule has 0 saturated heterocycles. The molecule has 0 fully saturated rings. The summed E-state index contributed by atoms with van der Waals surface area (Å²) in [5, 5.41) is 3.15. The third-order valence-electron chi connectivity index (χ3n) is 3.23. The highest BCUT2D eigenvalue weighted by Gasteiger charge is 2.18. The van der Waals surface area contributed by atoms with Crippen LogP contribution in [0.1, 0.15) is 32.4 Å². The SMILES string of the molecule is CC(C)(C)n1ccnc(NC(CCl)c2ccccc2)c1=O. The fourth-order valence-corrected chi connectivity index (χ4v) is 2.36. The molecule has 0 saturated carbocycles. The Hall–Kier alpha value is -1.81. The van der Waals surface area contributed by atoms with Crippen molar-refractivity contribution in [2.45, 2.75) is 32.4 Å². The molecule has 112 valence electrons. The highest BCUT2D eigenvalue weighted by atomic mass is 35.5. The normalized spacial score (nSPS) is 13.0. The van der Waals surface area contributed by atoms with Crippen molar-refractivity contribution < 1.29 is 0 Å². The summed E-state index contributed by atoms with van der Waals surface area (Å²) in [6, 6.07) is 9.65. The van der Waals surface area contributed by atoms with Gasteiger partial charge in [-0.1, -0.05) is 30.3 Å². The maximum absolute atomic E-state index is 12.5. The van der Waals surface area contributed by atoms with Crippen LogP contribution in [0.15, 0.2) is 47.5 Å². The van der Waals surface area contributed by atoms with Crippen LogP contribution >= 0.6 is 11.6 Å². The summed E-state index contributed by atoms with van der Waals surface area (Å²) >= 11 is 6.03. The first kappa shape index (κ1) is 15.6. The van der Waals surface area contributed by atoms with Crippen LogP contribution in [-0.4, -0.2) is 15.4 Å². The lowest BCUT2D eigenvalue weighted by Gasteiger charge is -2.23. The highest BCUT2D eigenvalue weighted by molar-refractivity contribution is 6.18. The fraction of sp³-hybridized carbons (Fsp3) is 0.375. The Morgan fingerprint density at radius 2 is 1.95 bits per heavy atom. The summed E-state index contributed by atoms with van der Waals surface area (Å²) in [7, 11) is 0. The minimum atomic E-state index is -0.292. The zero-order chi connectivity index (χ0) is 15.5. The van der Waals surface area contributed by atoms with E-state index in [1.807, 2.05) is 51.1 Å². The molecule has 0 bridgehead atoms. The van der Waals surface area contributed by atoms with Crippen molar-refractivity contribution in [3.8, 4) is 0 Å². The van der Waals surface area contributed by atoms with Gasteiger partial charge in [0.25, 0.3) is 5.56 Å². The van der Waals surface area contributed by atoms with Crippen LogP contribution < -0.4 is 10.9 Å². The van der Waals surface area contributed by atoms with Gasteiger partial charge in [-0.3, -0.25) is 4.79 Å². The van der Waals surface area contributed by atoms with Gasteiger partial charge in [0.1, 0.15) is 0 Å². The molecule has 0 aliphatic carbocycles. The van der Waals surface area contributed by atoms with E-state index in [4.69, 9.17) is 11.6 Å². The molecule has 2 aromatic rings. The largest absolute Gasteiger partial charge is 0.357 e. The molecule has 0 amide bonds. The number of hydrogen-bond donors (Lipinski definition) is 1. The molecule has 1 N–H and O–H groups in total. The molecule has 5 heteroatoms. The van der Waals surface area contributed by atoms with Gasteiger partial charge in [-0.25, -0.2) is 4.98 Å². The Kier molecular flexibility index (Phi) is 4.68. The Balaban J connectivity index is 2.33. The number of aromatic nitrogens is 2. The number of nitrogens with zero attached hydrogens (tertiary/aromatic N) is 2. The van der Waals surface area contributed by atoms with E-state index in [1.165, 1.54) is 0 Å². The number of benzene rings is 1. The average Bonchev–Trinajstić information content (AvgIpc) is 2.46. The first-order chi connectivity index (χ1) is 9.93. The second kappa shape index (κ2) is 6.31. The number of anilines is 1. The van der Waals surface area contributed by atoms with Gasteiger partial charge in [0, 0.05) is 23.8 Å². The summed E-state index contributed by atoms with van der Waals surface area (Å²) in [4.78, 5) is 16.7. The predicted molar refractivity (Wildman–Crippen MR) is 87.0 cm³/mol. The molecule has 1 unspecified atom stereocenters. The summed E-state index contributed by atoms with van der Waals surface area (Å²) in [6.45, 7) is 5.94. The molecular formula is C16H20ClN3O. The van der Waals surface area contributed by atoms with Gasteiger partial charge < -0.3 is 9.88 Å². The Morgan fingerprint density at radius 1 is 1.29 bits per heavy atom. The zero-order valence-corrected chi connectivity index (χ0v) is 13.3. The van der Waals surface area contributed by atoms with E-state index in [9.17, 15) is 4.79 Å². The molecule has 0 aliphatic heterocycles. The number of rotatable bonds is 4. The lowest BCUT2D eigenvalue weighted by atomic mass is 10.1. The van der Waals surface area contributed by atoms with Gasteiger partial charge in [-0.05, 0) is 26.3 Å². The molecule has 1 heterocycles. The van der Waals surface area contributed by atoms with Crippen LogP contribution in [0.4, 0.5) is 5.82 Å². The fourth-order valence-electron chi connectivity index (χ4n) is 2.10. The van der Waals surface area contributed by atoms with E-state index >= 15 is 0 Å². The van der Waals surface area contributed by atoms with Crippen molar-refractivity contribution >= 4 is 17.4 Å². The van der Waals surface area contributed by atoms with Crippen molar-refractivity contribution in [1.82, 2.24) is 9.55 Å². The molecule has 21 heavy (non-hydrogen) atoms. The second-order valence-corrected chi connectivity index (χ2v) is 6.19. The smallest absolute Gasteiger partial charge is 0.293 e. The molecule has 1 aromatic heterocycles. The Bertz CT molecular complexity index is 647. The van der Waals surface area contributed by atoms with Crippen LogP contribution in [0.5, 0.6) is 0 Å². The second-order valence-electron chi connectivity index (χ2n) is 5.88. The van der Waals surface area contributed by atoms with Crippen LogP contribution in [0, 0.1) is 0 Å². The third kappa shape index (κ3) is 3.64. The van der Waals surface area contributed by atoms with Gasteiger partial charge in [0.05, 0.1) is 6.04 Å². The number of halogens is 1. The number of nitrogens with one attached hydrogen (secondary N) is 1. The van der Waals surface area contributed by atoms with Gasteiger partial charge in [0.15, 0.2) is 5.82 Å². The summed E-state index contributed by atoms with van der Waals surface area (Å²) in [5.41, 5.74) is 0.593. The van der Waals surface area contributed by atoms with Gasteiger partial charge in [0.2, 0.25) is 0 Å². The van der Waals surface area contributed by atoms with Crippen molar-refractivity contribution in [3.63, 3.8) is 0 Å². The van der Waals surface area contributed by atoms with E-state index in [1.54, 1.807) is 17.0 Å². The van der Waals surface area contributed by atoms with Gasteiger partial charge >= 0.3 is 0 Å². The minimum absolute atomic E-state index is 0.143. The van der Waals surface area contributed by atoms with E-state index in [2.05, 4.69) is 10.3 Å². The van der Waals surface area contributed by atoms with E-state index in [-0.39, 0.29) is 17.1 Å². The lowest BCUT2D eigenvalue weighted by Crippen LogP contribution is -2.35. The number of hydrogen-bond acceptors (Lipinski definition) is 3. The van der Waals surface area contributed by atoms with E-state index in [0.29, 0.717) is 11.7 Å². The summed E-state index contributed by atoms with van der Waals surface area (Å²) < 4.78 is 1.67. The number of alkyl halides is 1. The molecule has 0 aliphatic rings. The first-order valence-electron chi connectivity index (χ1n) is 6.89. The van der Waals surface area contributed by atoms with Crippen molar-refractivity contribution in [3.05, 3.63) is 58.6 Å². The Labute approximate surface area is 129 Å². The van der Waals surface area contributed by atoms with Crippen LogP contribution in [0.2, 0.25) is 0 Å². The quantitative estimate of drug-likeness (QED) is 0.881. The monoisotopic (exact) mass is 305 g/mol. The van der Waals surface area contributed by atoms with Crippen molar-refractivity contribution in [2.75, 3.05) is 11.2 Å². The topological polar surface area (TPSA) is 46.9 Å². The molecule has 0 spiro atoms. The summed E-state index contributed by atoms with van der Waals surface area (Å²) in [6.07, 6.45) is 3.33. The Morgan fingerprint density at radius 3 is 2.52 bits per heavy atom. The highest BCUT2D eigenvalue weighted by Crippen LogP contribution is 2.18. The maximum Gasteiger partial charge on any atom is 0.293 e. The lowest BCUT2D eigenvalue weighted by molar-refractivity contribution is 0.383. The third-order valence-corrected chi connectivity index (χ3v) is 3.54. The van der Waals surface area contributed by atoms with E-state index < -0.39 is 0 Å². The van der Waals surface area contributed by atoms with Crippen LogP contribution in [-0.2, 0) is 5.54 Å². The van der Waals surface area contributed by atoms with Crippen molar-refractivity contribution in [2.24, 2.45) is 0 Å². The van der Waals surface area contributed by atoms with Crippen molar-refractivity contribution in [1.29, 1.82) is 0 Å². The minimum Gasteiger partial charge on any atom is -0.357 e. The average molecular weight is 306 g/mol. The maximum atomic E-state index is 12.5. The van der Waals surface area contributed by atoms with Crippen LogP contribution in [0.25, 0.3) is 0 Å². The standard InChI is InChI=1S/C16H20ClN3O/c1-16(2,3)20-10-9-18-14(15(20)21)19-13(11-17)12-7-5-4-6-8-12/h4-10,13H,11H2,1-3H3,(H,18,19). The van der Waals surface area contributed by atoms with Gasteiger partial charge in [-0.2, -0.15) is 0 Å². The molecule has 4 nitrogen and oxygen atoms in total. The molecule has 0 radical (unpaired) electrons. The first-order valence-corrected chi connectivity index (χ1v) is 7.42. The van der Waals surface area contributed by atoms with E-state index in [0.717, 1.165) is 5.56 Å². The molecular weight excluding hydrogens is 286 g/mol. The predicted octanol–water partition coefficient (Wildman–Crippen LogP) is 3.39. The van der Waals surface area contributed by atoms with Gasteiger partial charge in [-0.15, -0.1) is 11.6 Å². The summed E-state index contributed by atoms with van der Waals surface area (Å²) in [5.74, 6) is 0.678.